The van der Waals surface area contributed by atoms with Gasteiger partial charge in [0.25, 0.3) is 0 Å². The van der Waals surface area contributed by atoms with E-state index in [2.05, 4.69) is 23.0 Å². The van der Waals surface area contributed by atoms with Gasteiger partial charge in [0.15, 0.2) is 10.2 Å². The van der Waals surface area contributed by atoms with Gasteiger partial charge in [-0.3, -0.25) is 5.01 Å². The van der Waals surface area contributed by atoms with Crippen LogP contribution in [0.1, 0.15) is 45.4 Å². The quantitative estimate of drug-likeness (QED) is 0.464. The lowest BCUT2D eigenvalue weighted by atomic mass is 10.1. The Bertz CT molecular complexity index is 258. The molecule has 4 nitrogen and oxygen atoms in total. The van der Waals surface area contributed by atoms with Crippen LogP contribution in [0.15, 0.2) is 0 Å². The molecule has 1 saturated heterocycles. The van der Waals surface area contributed by atoms with E-state index < -0.39 is 0 Å². The number of nitrogens with zero attached hydrogens (tertiary/aromatic N) is 1. The first kappa shape index (κ1) is 14.6. The predicted molar refractivity (Wildman–Crippen MR) is 79.6 cm³/mol. The summed E-state index contributed by atoms with van der Waals surface area (Å²) < 4.78 is 0. The molecule has 0 spiro atoms. The largest absolute Gasteiger partial charge is 0.344 e. The van der Waals surface area contributed by atoms with Gasteiger partial charge in [0.1, 0.15) is 6.67 Å². The van der Waals surface area contributed by atoms with Crippen LogP contribution in [0.3, 0.4) is 0 Å². The summed E-state index contributed by atoms with van der Waals surface area (Å²) in [5.74, 6) is 0. The fourth-order valence-corrected chi connectivity index (χ4v) is 2.14. The molecule has 0 unspecified atom stereocenters. The molecule has 1 rings (SSSR count). The molecule has 0 aromatic rings. The van der Waals surface area contributed by atoms with Crippen molar-refractivity contribution in [2.75, 3.05) is 13.2 Å². The van der Waals surface area contributed by atoms with Gasteiger partial charge < -0.3 is 10.6 Å². The minimum absolute atomic E-state index is 0.604. The second-order valence-corrected chi connectivity index (χ2v) is 4.99. The molecule has 0 aromatic carbocycles. The maximum absolute atomic E-state index is 5.16. The van der Waals surface area contributed by atoms with Crippen molar-refractivity contribution in [1.29, 1.82) is 0 Å². The number of unbranched alkanes of at least 4 members (excludes halogenated alkanes) is 5. The van der Waals surface area contributed by atoms with Crippen molar-refractivity contribution < 1.29 is 0 Å². The maximum Gasteiger partial charge on any atom is 0.191 e. The fraction of sp³-hybridized carbons (Fsp3) is 0.818. The summed E-state index contributed by atoms with van der Waals surface area (Å²) in [6.45, 7) is 3.84. The lowest BCUT2D eigenvalue weighted by molar-refractivity contribution is 0.288. The van der Waals surface area contributed by atoms with E-state index in [1.54, 1.807) is 0 Å². The van der Waals surface area contributed by atoms with E-state index in [1.807, 2.05) is 5.01 Å². The van der Waals surface area contributed by atoms with Crippen molar-refractivity contribution in [2.24, 2.45) is 0 Å². The summed E-state index contributed by atoms with van der Waals surface area (Å²) in [6, 6.07) is 0. The Labute approximate surface area is 114 Å². The number of hydrogen-bond acceptors (Lipinski definition) is 3. The first-order valence-electron chi connectivity index (χ1n) is 6.34. The molecule has 0 amide bonds. The van der Waals surface area contributed by atoms with Crippen LogP contribution in [-0.2, 0) is 0 Å². The van der Waals surface area contributed by atoms with E-state index >= 15 is 0 Å². The van der Waals surface area contributed by atoms with Crippen LogP contribution in [0.4, 0.5) is 0 Å². The van der Waals surface area contributed by atoms with Gasteiger partial charge in [0.05, 0.1) is 0 Å². The number of rotatable bonds is 8. The van der Waals surface area contributed by atoms with Crippen molar-refractivity contribution in [1.82, 2.24) is 21.1 Å². The number of hydrogen-bond donors (Lipinski definition) is 3. The molecule has 0 radical (unpaired) electrons. The molecule has 0 atom stereocenters. The lowest BCUT2D eigenvalue weighted by Gasteiger charge is -2.31. The van der Waals surface area contributed by atoms with Crippen LogP contribution < -0.4 is 16.1 Å². The number of thiocarbonyl (C=S) groups is 2. The van der Waals surface area contributed by atoms with Crippen LogP contribution >= 0.6 is 24.4 Å². The lowest BCUT2D eigenvalue weighted by Crippen LogP contribution is -2.61. The van der Waals surface area contributed by atoms with Gasteiger partial charge in [0.2, 0.25) is 0 Å². The average Bonchev–Trinajstić information content (AvgIpc) is 2.30. The Kier molecular flexibility index (Phi) is 7.39. The van der Waals surface area contributed by atoms with Crippen LogP contribution in [0.5, 0.6) is 0 Å². The van der Waals surface area contributed by atoms with Gasteiger partial charge in [-0.05, 0) is 30.9 Å². The highest BCUT2D eigenvalue weighted by molar-refractivity contribution is 7.81. The topological polar surface area (TPSA) is 39.3 Å². The summed E-state index contributed by atoms with van der Waals surface area (Å²) in [6.07, 6.45) is 7.82. The Hall–Kier alpha value is -0.460. The first-order chi connectivity index (χ1) is 8.24. The zero-order valence-corrected chi connectivity index (χ0v) is 12.1. The van der Waals surface area contributed by atoms with E-state index in [9.17, 15) is 0 Å². The third kappa shape index (κ3) is 6.14. The number of hydrazine groups is 1. The molecule has 17 heavy (non-hydrogen) atoms. The first-order valence-corrected chi connectivity index (χ1v) is 7.15. The third-order valence-electron chi connectivity index (χ3n) is 2.70. The summed E-state index contributed by atoms with van der Waals surface area (Å²) in [7, 11) is 0. The summed E-state index contributed by atoms with van der Waals surface area (Å²) >= 11 is 10.1. The van der Waals surface area contributed by atoms with E-state index in [4.69, 9.17) is 24.4 Å². The Morgan fingerprint density at radius 1 is 1.18 bits per heavy atom. The molecule has 0 saturated carbocycles. The maximum atomic E-state index is 5.16. The highest BCUT2D eigenvalue weighted by Gasteiger charge is 2.15. The zero-order chi connectivity index (χ0) is 12.5. The zero-order valence-electron chi connectivity index (χ0n) is 10.4. The predicted octanol–water partition coefficient (Wildman–Crippen LogP) is 1.87. The minimum Gasteiger partial charge on any atom is -0.344 e. The standard InChI is InChI=1S/C11H22N4S2/c1-2-3-4-5-6-7-8-13-15-9-12-10(16)14-11(15)17/h13H,2-9H2,1H3,(H2,12,14,16,17). The van der Waals surface area contributed by atoms with Crippen LogP contribution in [-0.4, -0.2) is 28.4 Å². The summed E-state index contributed by atoms with van der Waals surface area (Å²) in [5, 5.41) is 9.08. The molecule has 0 bridgehead atoms. The van der Waals surface area contributed by atoms with Gasteiger partial charge in [-0.2, -0.15) is 0 Å². The molecule has 98 valence electrons. The Morgan fingerprint density at radius 2 is 1.88 bits per heavy atom. The Balaban J connectivity index is 1.99. The van der Waals surface area contributed by atoms with Gasteiger partial charge in [-0.15, -0.1) is 0 Å². The molecule has 1 aliphatic rings. The second kappa shape index (κ2) is 8.60. The van der Waals surface area contributed by atoms with E-state index in [-0.39, 0.29) is 0 Å². The van der Waals surface area contributed by atoms with E-state index in [1.165, 1.54) is 38.5 Å². The SMILES string of the molecule is CCCCCCCCNN1CNC(=S)NC1=S. The van der Waals surface area contributed by atoms with Crippen molar-refractivity contribution in [3.8, 4) is 0 Å². The monoisotopic (exact) mass is 274 g/mol. The van der Waals surface area contributed by atoms with Gasteiger partial charge in [-0.25, -0.2) is 5.43 Å². The van der Waals surface area contributed by atoms with Crippen molar-refractivity contribution in [3.63, 3.8) is 0 Å². The summed E-state index contributed by atoms with van der Waals surface area (Å²) in [4.78, 5) is 0. The van der Waals surface area contributed by atoms with Crippen molar-refractivity contribution >= 4 is 34.7 Å². The van der Waals surface area contributed by atoms with Crippen LogP contribution in [0.25, 0.3) is 0 Å². The van der Waals surface area contributed by atoms with Crippen LogP contribution in [0, 0.1) is 0 Å². The van der Waals surface area contributed by atoms with E-state index in [0.29, 0.717) is 16.9 Å². The van der Waals surface area contributed by atoms with Gasteiger partial charge in [0, 0.05) is 6.54 Å². The molecule has 1 heterocycles. The van der Waals surface area contributed by atoms with E-state index in [0.717, 1.165) is 6.54 Å². The molecule has 3 N–H and O–H groups in total. The molecular formula is C11H22N4S2. The summed E-state index contributed by atoms with van der Waals surface area (Å²) in [5.41, 5.74) is 3.29. The highest BCUT2D eigenvalue weighted by Crippen LogP contribution is 2.04. The van der Waals surface area contributed by atoms with Crippen molar-refractivity contribution in [3.05, 3.63) is 0 Å². The molecule has 1 aliphatic heterocycles. The van der Waals surface area contributed by atoms with Gasteiger partial charge in [-0.1, -0.05) is 39.0 Å². The minimum atomic E-state index is 0.604. The van der Waals surface area contributed by atoms with Gasteiger partial charge >= 0.3 is 0 Å². The average molecular weight is 274 g/mol. The Morgan fingerprint density at radius 3 is 2.59 bits per heavy atom. The van der Waals surface area contributed by atoms with Crippen LogP contribution in [0.2, 0.25) is 0 Å². The number of nitrogens with one attached hydrogen (secondary N) is 3. The second-order valence-electron chi connectivity index (χ2n) is 4.20. The third-order valence-corrected chi connectivity index (χ3v) is 3.27. The molecule has 0 aliphatic carbocycles. The molecule has 0 aromatic heterocycles. The molecular weight excluding hydrogens is 252 g/mol. The van der Waals surface area contributed by atoms with Crippen molar-refractivity contribution in [2.45, 2.75) is 45.4 Å². The fourth-order valence-electron chi connectivity index (χ4n) is 1.68. The highest BCUT2D eigenvalue weighted by atomic mass is 32.1. The smallest absolute Gasteiger partial charge is 0.191 e. The molecule has 6 heteroatoms. The normalized spacial score (nSPS) is 15.7. The molecule has 1 fully saturated rings.